The van der Waals surface area contributed by atoms with Crippen LogP contribution in [0, 0.1) is 12.8 Å². The first kappa shape index (κ1) is 9.52. The van der Waals surface area contributed by atoms with Gasteiger partial charge in [0.05, 0.1) is 13.2 Å². The fourth-order valence-electron chi connectivity index (χ4n) is 1.45. The van der Waals surface area contributed by atoms with Crippen LogP contribution in [0.15, 0.2) is 6.07 Å². The molecule has 1 aromatic heterocycles. The highest BCUT2D eigenvalue weighted by atomic mass is 16.5. The van der Waals surface area contributed by atoms with E-state index in [1.165, 1.54) is 12.8 Å². The molecule has 0 bridgehead atoms. The quantitative estimate of drug-likeness (QED) is 0.718. The average molecular weight is 195 g/mol. The lowest BCUT2D eigenvalue weighted by atomic mass is 10.4. The minimum atomic E-state index is 0.588. The van der Waals surface area contributed by atoms with Gasteiger partial charge in [0.1, 0.15) is 5.82 Å². The van der Waals surface area contributed by atoms with Gasteiger partial charge in [-0.2, -0.15) is 5.10 Å². The molecular weight excluding hydrogens is 178 g/mol. The van der Waals surface area contributed by atoms with Gasteiger partial charge in [-0.1, -0.05) is 0 Å². The molecule has 14 heavy (non-hydrogen) atoms. The molecule has 2 N–H and O–H groups in total. The molecular formula is C10H17N3O. The molecule has 1 aromatic rings. The molecule has 1 aliphatic rings. The number of hydrogen-bond donors (Lipinski definition) is 1. The van der Waals surface area contributed by atoms with Crippen molar-refractivity contribution in [3.63, 3.8) is 0 Å². The third kappa shape index (κ3) is 2.48. The van der Waals surface area contributed by atoms with Gasteiger partial charge < -0.3 is 10.5 Å². The predicted octanol–water partition coefficient (Wildman–Crippen LogP) is 1.20. The molecule has 0 aromatic carbocycles. The highest BCUT2D eigenvalue weighted by molar-refractivity contribution is 5.28. The molecule has 0 unspecified atom stereocenters. The Morgan fingerprint density at radius 3 is 3.00 bits per heavy atom. The van der Waals surface area contributed by atoms with Crippen LogP contribution in [0.5, 0.6) is 0 Å². The molecule has 78 valence electrons. The van der Waals surface area contributed by atoms with Crippen molar-refractivity contribution in [2.24, 2.45) is 5.92 Å². The third-order valence-electron chi connectivity index (χ3n) is 2.50. The highest BCUT2D eigenvalue weighted by Crippen LogP contribution is 2.28. The zero-order valence-corrected chi connectivity index (χ0v) is 8.57. The molecule has 0 saturated heterocycles. The fourth-order valence-corrected chi connectivity index (χ4v) is 1.45. The van der Waals surface area contributed by atoms with Crippen molar-refractivity contribution < 1.29 is 4.74 Å². The summed E-state index contributed by atoms with van der Waals surface area (Å²) in [6.45, 7) is 4.45. The second kappa shape index (κ2) is 4.00. The van der Waals surface area contributed by atoms with Crippen LogP contribution in [0.3, 0.4) is 0 Å². The van der Waals surface area contributed by atoms with Gasteiger partial charge >= 0.3 is 0 Å². The monoisotopic (exact) mass is 195 g/mol. The van der Waals surface area contributed by atoms with Crippen LogP contribution in [-0.4, -0.2) is 23.0 Å². The standard InChI is InChI=1S/C10H17N3O/c1-8-6-10(11)12-13(8)4-5-14-7-9-2-3-9/h6,9H,2-5,7H2,1H3,(H2,11,12). The molecule has 2 rings (SSSR count). The van der Waals surface area contributed by atoms with Crippen molar-refractivity contribution in [2.75, 3.05) is 18.9 Å². The van der Waals surface area contributed by atoms with E-state index in [9.17, 15) is 0 Å². The Kier molecular flexibility index (Phi) is 2.72. The Balaban J connectivity index is 1.70. The molecule has 1 saturated carbocycles. The van der Waals surface area contributed by atoms with Crippen LogP contribution in [0.4, 0.5) is 5.82 Å². The van der Waals surface area contributed by atoms with E-state index in [4.69, 9.17) is 10.5 Å². The van der Waals surface area contributed by atoms with Crippen LogP contribution in [-0.2, 0) is 11.3 Å². The van der Waals surface area contributed by atoms with E-state index in [0.29, 0.717) is 5.82 Å². The minimum Gasteiger partial charge on any atom is -0.382 e. The summed E-state index contributed by atoms with van der Waals surface area (Å²) in [5, 5.41) is 4.16. The molecule has 0 amide bonds. The van der Waals surface area contributed by atoms with Gasteiger partial charge in [-0.05, 0) is 25.7 Å². The van der Waals surface area contributed by atoms with E-state index in [1.54, 1.807) is 0 Å². The smallest absolute Gasteiger partial charge is 0.145 e. The van der Waals surface area contributed by atoms with Gasteiger partial charge in [-0.25, -0.2) is 0 Å². The number of nitrogens with two attached hydrogens (primary N) is 1. The molecule has 1 aliphatic carbocycles. The Hall–Kier alpha value is -1.03. The fraction of sp³-hybridized carbons (Fsp3) is 0.700. The normalized spacial score (nSPS) is 16.1. The van der Waals surface area contributed by atoms with E-state index < -0.39 is 0 Å². The molecule has 1 heterocycles. The first-order valence-corrected chi connectivity index (χ1v) is 5.13. The predicted molar refractivity (Wildman–Crippen MR) is 54.9 cm³/mol. The third-order valence-corrected chi connectivity index (χ3v) is 2.50. The van der Waals surface area contributed by atoms with Crippen LogP contribution in [0.2, 0.25) is 0 Å². The lowest BCUT2D eigenvalue weighted by Crippen LogP contribution is -2.10. The van der Waals surface area contributed by atoms with Crippen LogP contribution in [0.25, 0.3) is 0 Å². The summed E-state index contributed by atoms with van der Waals surface area (Å²) in [5.41, 5.74) is 6.66. The summed E-state index contributed by atoms with van der Waals surface area (Å²) in [6, 6.07) is 1.88. The Bertz CT molecular complexity index is 304. The number of nitrogens with zero attached hydrogens (tertiary/aromatic N) is 2. The van der Waals surface area contributed by atoms with Crippen molar-refractivity contribution in [3.8, 4) is 0 Å². The molecule has 4 nitrogen and oxygen atoms in total. The van der Waals surface area contributed by atoms with E-state index in [0.717, 1.165) is 31.4 Å². The first-order chi connectivity index (χ1) is 6.75. The van der Waals surface area contributed by atoms with Crippen LogP contribution in [0.1, 0.15) is 18.5 Å². The highest BCUT2D eigenvalue weighted by Gasteiger charge is 2.20. The number of anilines is 1. The van der Waals surface area contributed by atoms with Gasteiger partial charge in [0.2, 0.25) is 0 Å². The number of hydrogen-bond acceptors (Lipinski definition) is 3. The molecule has 4 heteroatoms. The Morgan fingerprint density at radius 2 is 2.43 bits per heavy atom. The average Bonchev–Trinajstić information content (AvgIpc) is 2.88. The molecule has 1 fully saturated rings. The second-order valence-electron chi connectivity index (χ2n) is 3.95. The number of nitrogen functional groups attached to an aromatic ring is 1. The summed E-state index contributed by atoms with van der Waals surface area (Å²) in [7, 11) is 0. The van der Waals surface area contributed by atoms with Crippen molar-refractivity contribution in [2.45, 2.75) is 26.3 Å². The zero-order chi connectivity index (χ0) is 9.97. The van der Waals surface area contributed by atoms with Gasteiger partial charge in [-0.3, -0.25) is 4.68 Å². The summed E-state index contributed by atoms with van der Waals surface area (Å²) >= 11 is 0. The molecule has 0 spiro atoms. The first-order valence-electron chi connectivity index (χ1n) is 5.13. The molecule has 0 aliphatic heterocycles. The van der Waals surface area contributed by atoms with Gasteiger partial charge in [-0.15, -0.1) is 0 Å². The Labute approximate surface area is 84.0 Å². The van der Waals surface area contributed by atoms with Crippen molar-refractivity contribution in [1.82, 2.24) is 9.78 Å². The minimum absolute atomic E-state index is 0.588. The van der Waals surface area contributed by atoms with Crippen molar-refractivity contribution >= 4 is 5.82 Å². The van der Waals surface area contributed by atoms with Gasteiger partial charge in [0.15, 0.2) is 0 Å². The largest absolute Gasteiger partial charge is 0.382 e. The number of aryl methyl sites for hydroxylation is 1. The van der Waals surface area contributed by atoms with E-state index in [2.05, 4.69) is 5.10 Å². The van der Waals surface area contributed by atoms with Gasteiger partial charge in [0.25, 0.3) is 0 Å². The molecule has 0 radical (unpaired) electrons. The van der Waals surface area contributed by atoms with Crippen molar-refractivity contribution in [3.05, 3.63) is 11.8 Å². The lowest BCUT2D eigenvalue weighted by Gasteiger charge is -2.04. The maximum absolute atomic E-state index is 5.57. The summed E-state index contributed by atoms with van der Waals surface area (Å²) in [5.74, 6) is 1.42. The molecule has 0 atom stereocenters. The summed E-state index contributed by atoms with van der Waals surface area (Å²) < 4.78 is 7.42. The zero-order valence-electron chi connectivity index (χ0n) is 8.57. The number of rotatable bonds is 5. The van der Waals surface area contributed by atoms with Crippen LogP contribution < -0.4 is 5.73 Å². The summed E-state index contributed by atoms with van der Waals surface area (Å²) in [4.78, 5) is 0. The maximum Gasteiger partial charge on any atom is 0.145 e. The SMILES string of the molecule is Cc1cc(N)nn1CCOCC1CC1. The lowest BCUT2D eigenvalue weighted by molar-refractivity contribution is 0.114. The van der Waals surface area contributed by atoms with E-state index in [-0.39, 0.29) is 0 Å². The number of aromatic nitrogens is 2. The van der Waals surface area contributed by atoms with Crippen LogP contribution >= 0.6 is 0 Å². The topological polar surface area (TPSA) is 53.1 Å². The van der Waals surface area contributed by atoms with Gasteiger partial charge in [0, 0.05) is 18.4 Å². The second-order valence-corrected chi connectivity index (χ2v) is 3.95. The van der Waals surface area contributed by atoms with E-state index in [1.807, 2.05) is 17.7 Å². The Morgan fingerprint density at radius 1 is 1.64 bits per heavy atom. The number of ether oxygens (including phenoxy) is 1. The van der Waals surface area contributed by atoms with Crippen molar-refractivity contribution in [1.29, 1.82) is 0 Å². The maximum atomic E-state index is 5.57. The van der Waals surface area contributed by atoms with E-state index >= 15 is 0 Å². The summed E-state index contributed by atoms with van der Waals surface area (Å²) in [6.07, 6.45) is 2.68.